The number of halogens is 1. The number of nitrogens with zero attached hydrogens (tertiary/aromatic N) is 2. The van der Waals surface area contributed by atoms with E-state index in [4.69, 9.17) is 0 Å². The Hall–Kier alpha value is -1.43. The number of hydrogen-bond donors (Lipinski definition) is 0. The molecule has 0 bridgehead atoms. The van der Waals surface area contributed by atoms with Crippen LogP contribution in [0.15, 0.2) is 18.2 Å². The third kappa shape index (κ3) is 2.78. The largest absolute Gasteiger partial charge is 0.335 e. The van der Waals surface area contributed by atoms with E-state index >= 15 is 0 Å². The van der Waals surface area contributed by atoms with E-state index in [0.717, 1.165) is 24.7 Å². The molecule has 2 rings (SSSR count). The lowest BCUT2D eigenvalue weighted by Gasteiger charge is -2.23. The number of amides is 1. The molecular weight excluding hydrogens is 312 g/mol. The van der Waals surface area contributed by atoms with Crippen molar-refractivity contribution in [3.63, 3.8) is 0 Å². The molecule has 0 N–H and O–H groups in total. The molecule has 1 aromatic carbocycles. The Kier molecular flexibility index (Phi) is 4.19. The molecule has 0 aromatic heterocycles. The van der Waals surface area contributed by atoms with E-state index in [1.165, 1.54) is 12.1 Å². The SMILES string of the molecule is Cc1cc([N+](=O)[O-])ccc1C(=O)N1CCCC1CBr. The highest BCUT2D eigenvalue weighted by Crippen LogP contribution is 2.24. The minimum Gasteiger partial charge on any atom is -0.335 e. The standard InChI is InChI=1S/C13H15BrN2O3/c1-9-7-10(16(18)19)4-5-12(9)13(17)15-6-2-3-11(15)8-14/h4-5,7,11H,2-3,6,8H2,1H3. The number of hydrogen-bond acceptors (Lipinski definition) is 3. The van der Waals surface area contributed by atoms with Gasteiger partial charge in [-0.3, -0.25) is 14.9 Å². The average Bonchev–Trinajstić information content (AvgIpc) is 2.85. The molecule has 5 nitrogen and oxygen atoms in total. The van der Waals surface area contributed by atoms with Gasteiger partial charge in [-0.25, -0.2) is 0 Å². The van der Waals surface area contributed by atoms with Crippen LogP contribution in [0.5, 0.6) is 0 Å². The zero-order valence-corrected chi connectivity index (χ0v) is 12.2. The Morgan fingerprint density at radius 1 is 1.58 bits per heavy atom. The summed E-state index contributed by atoms with van der Waals surface area (Å²) >= 11 is 3.42. The summed E-state index contributed by atoms with van der Waals surface area (Å²) in [6.07, 6.45) is 2.01. The molecule has 1 heterocycles. The topological polar surface area (TPSA) is 63.5 Å². The molecule has 1 unspecified atom stereocenters. The van der Waals surface area contributed by atoms with Gasteiger partial charge < -0.3 is 4.90 Å². The number of aryl methyl sites for hydroxylation is 1. The van der Waals surface area contributed by atoms with Crippen molar-refractivity contribution in [1.29, 1.82) is 0 Å². The number of likely N-dealkylation sites (tertiary alicyclic amines) is 1. The van der Waals surface area contributed by atoms with Crippen LogP contribution in [-0.4, -0.2) is 33.6 Å². The first-order valence-electron chi connectivity index (χ1n) is 6.16. The fourth-order valence-corrected chi connectivity index (χ4v) is 3.09. The van der Waals surface area contributed by atoms with Gasteiger partial charge in [0.1, 0.15) is 0 Å². The van der Waals surface area contributed by atoms with Gasteiger partial charge in [-0.15, -0.1) is 0 Å². The second-order valence-electron chi connectivity index (χ2n) is 4.71. The van der Waals surface area contributed by atoms with Crippen LogP contribution in [0, 0.1) is 17.0 Å². The predicted octanol–water partition coefficient (Wildman–Crippen LogP) is 2.90. The lowest BCUT2D eigenvalue weighted by Crippen LogP contribution is -2.36. The second-order valence-corrected chi connectivity index (χ2v) is 5.35. The van der Waals surface area contributed by atoms with E-state index in [9.17, 15) is 14.9 Å². The van der Waals surface area contributed by atoms with E-state index < -0.39 is 4.92 Å². The molecule has 19 heavy (non-hydrogen) atoms. The van der Waals surface area contributed by atoms with E-state index in [0.29, 0.717) is 11.1 Å². The number of non-ortho nitro benzene ring substituents is 1. The molecule has 1 atom stereocenters. The van der Waals surface area contributed by atoms with Gasteiger partial charge >= 0.3 is 0 Å². The normalized spacial score (nSPS) is 18.6. The molecule has 0 spiro atoms. The zero-order chi connectivity index (χ0) is 14.0. The smallest absolute Gasteiger partial charge is 0.269 e. The molecule has 1 saturated heterocycles. The minimum atomic E-state index is -0.446. The molecule has 1 aliphatic heterocycles. The summed E-state index contributed by atoms with van der Waals surface area (Å²) in [5.74, 6) is -0.0330. The summed E-state index contributed by atoms with van der Waals surface area (Å²) in [5, 5.41) is 11.5. The predicted molar refractivity (Wildman–Crippen MR) is 75.7 cm³/mol. The summed E-state index contributed by atoms with van der Waals surface area (Å²) < 4.78 is 0. The third-order valence-electron chi connectivity index (χ3n) is 3.47. The summed E-state index contributed by atoms with van der Waals surface area (Å²) in [6, 6.07) is 4.62. The van der Waals surface area contributed by atoms with Crippen LogP contribution < -0.4 is 0 Å². The number of alkyl halides is 1. The molecular formula is C13H15BrN2O3. The van der Waals surface area contributed by atoms with Gasteiger partial charge in [0.2, 0.25) is 0 Å². The number of nitro benzene ring substituents is 1. The summed E-state index contributed by atoms with van der Waals surface area (Å²) in [6.45, 7) is 2.49. The maximum Gasteiger partial charge on any atom is 0.269 e. The number of rotatable bonds is 3. The molecule has 1 fully saturated rings. The fourth-order valence-electron chi connectivity index (χ4n) is 2.42. The first kappa shape index (κ1) is 14.0. The molecule has 6 heteroatoms. The van der Waals surface area contributed by atoms with Crippen molar-refractivity contribution in [2.75, 3.05) is 11.9 Å². The Balaban J connectivity index is 2.26. The molecule has 0 radical (unpaired) electrons. The van der Waals surface area contributed by atoms with E-state index in [1.54, 1.807) is 13.0 Å². The molecule has 1 aliphatic rings. The second kappa shape index (κ2) is 5.69. The van der Waals surface area contributed by atoms with Crippen molar-refractivity contribution in [2.24, 2.45) is 0 Å². The Labute approximate surface area is 119 Å². The molecule has 102 valence electrons. The Bertz CT molecular complexity index is 519. The maximum absolute atomic E-state index is 12.5. The van der Waals surface area contributed by atoms with Gasteiger partial charge in [0.05, 0.1) is 4.92 Å². The Morgan fingerprint density at radius 3 is 2.89 bits per heavy atom. The molecule has 1 amide bonds. The van der Waals surface area contributed by atoms with E-state index in [2.05, 4.69) is 15.9 Å². The van der Waals surface area contributed by atoms with Crippen LogP contribution in [0.25, 0.3) is 0 Å². The number of carbonyl (C=O) groups is 1. The quantitative estimate of drug-likeness (QED) is 0.487. The van der Waals surface area contributed by atoms with E-state index in [-0.39, 0.29) is 17.6 Å². The summed E-state index contributed by atoms with van der Waals surface area (Å²) in [4.78, 5) is 24.6. The van der Waals surface area contributed by atoms with Crippen LogP contribution in [0.3, 0.4) is 0 Å². The van der Waals surface area contributed by atoms with Gasteiger partial charge in [0.25, 0.3) is 11.6 Å². The first-order valence-corrected chi connectivity index (χ1v) is 7.28. The van der Waals surface area contributed by atoms with Crippen molar-refractivity contribution < 1.29 is 9.72 Å². The van der Waals surface area contributed by atoms with Crippen LogP contribution in [0.1, 0.15) is 28.8 Å². The van der Waals surface area contributed by atoms with Gasteiger partial charge in [-0.05, 0) is 31.4 Å². The lowest BCUT2D eigenvalue weighted by molar-refractivity contribution is -0.384. The van der Waals surface area contributed by atoms with Gasteiger partial charge in [-0.1, -0.05) is 15.9 Å². The Morgan fingerprint density at radius 2 is 2.32 bits per heavy atom. The summed E-state index contributed by atoms with van der Waals surface area (Å²) in [7, 11) is 0. The average molecular weight is 327 g/mol. The minimum absolute atomic E-state index is 0.0208. The molecule has 0 aliphatic carbocycles. The number of nitro groups is 1. The number of benzene rings is 1. The van der Waals surface area contributed by atoms with Crippen LogP contribution in [-0.2, 0) is 0 Å². The van der Waals surface area contributed by atoms with Crippen LogP contribution in [0.2, 0.25) is 0 Å². The van der Waals surface area contributed by atoms with Crippen LogP contribution >= 0.6 is 15.9 Å². The van der Waals surface area contributed by atoms with Gasteiger partial charge in [-0.2, -0.15) is 0 Å². The lowest BCUT2D eigenvalue weighted by atomic mass is 10.1. The van der Waals surface area contributed by atoms with E-state index in [1.807, 2.05) is 4.90 Å². The van der Waals surface area contributed by atoms with Gasteiger partial charge in [0.15, 0.2) is 0 Å². The third-order valence-corrected chi connectivity index (χ3v) is 4.21. The zero-order valence-electron chi connectivity index (χ0n) is 10.6. The van der Waals surface area contributed by atoms with Crippen molar-refractivity contribution in [3.05, 3.63) is 39.4 Å². The highest BCUT2D eigenvalue weighted by molar-refractivity contribution is 9.09. The van der Waals surface area contributed by atoms with Crippen molar-refractivity contribution in [3.8, 4) is 0 Å². The molecule has 1 aromatic rings. The fraction of sp³-hybridized carbons (Fsp3) is 0.462. The first-order chi connectivity index (χ1) is 9.04. The summed E-state index contributed by atoms with van der Waals surface area (Å²) in [5.41, 5.74) is 1.23. The van der Waals surface area contributed by atoms with Crippen molar-refractivity contribution >= 4 is 27.5 Å². The highest BCUT2D eigenvalue weighted by atomic mass is 79.9. The maximum atomic E-state index is 12.5. The van der Waals surface area contributed by atoms with Gasteiger partial charge in [0, 0.05) is 35.6 Å². The molecule has 0 saturated carbocycles. The van der Waals surface area contributed by atoms with Crippen molar-refractivity contribution in [1.82, 2.24) is 4.90 Å². The van der Waals surface area contributed by atoms with Crippen molar-refractivity contribution in [2.45, 2.75) is 25.8 Å². The van der Waals surface area contributed by atoms with Crippen LogP contribution in [0.4, 0.5) is 5.69 Å². The monoisotopic (exact) mass is 326 g/mol. The number of carbonyl (C=O) groups excluding carboxylic acids is 1. The highest BCUT2D eigenvalue weighted by Gasteiger charge is 2.29.